The van der Waals surface area contributed by atoms with Crippen molar-refractivity contribution in [1.82, 2.24) is 0 Å². The lowest BCUT2D eigenvalue weighted by Crippen LogP contribution is -2.15. The lowest BCUT2D eigenvalue weighted by molar-refractivity contribution is 0.272. The molecule has 0 fully saturated rings. The number of allylic oxidation sites excluding steroid dienone is 3. The third-order valence-electron chi connectivity index (χ3n) is 1.60. The van der Waals surface area contributed by atoms with Crippen molar-refractivity contribution >= 4 is 0 Å². The molecular formula is C10H16FN. The Morgan fingerprint density at radius 2 is 1.83 bits per heavy atom. The minimum atomic E-state index is -1.39. The van der Waals surface area contributed by atoms with Crippen molar-refractivity contribution in [2.45, 2.75) is 26.4 Å². The summed E-state index contributed by atoms with van der Waals surface area (Å²) in [5, 5.41) is 0. The van der Waals surface area contributed by atoms with Gasteiger partial charge >= 0.3 is 0 Å². The quantitative estimate of drug-likeness (QED) is 0.646. The number of nitrogens with two attached hydrogens (primary N) is 1. The highest BCUT2D eigenvalue weighted by Gasteiger charge is 2.20. The SMILES string of the molecule is C=C(N)/C=C(/C)C(=C)C(C)(C)F. The fourth-order valence-corrected chi connectivity index (χ4v) is 0.834. The molecule has 0 bridgehead atoms. The molecule has 0 unspecified atom stereocenters. The van der Waals surface area contributed by atoms with E-state index in [0.29, 0.717) is 11.3 Å². The number of rotatable bonds is 3. The van der Waals surface area contributed by atoms with Crippen molar-refractivity contribution in [2.24, 2.45) is 5.73 Å². The zero-order valence-corrected chi connectivity index (χ0v) is 7.95. The largest absolute Gasteiger partial charge is 0.399 e. The van der Waals surface area contributed by atoms with E-state index in [1.807, 2.05) is 0 Å². The van der Waals surface area contributed by atoms with E-state index in [2.05, 4.69) is 13.2 Å². The Labute approximate surface area is 73.5 Å². The predicted molar refractivity (Wildman–Crippen MR) is 51.4 cm³/mol. The van der Waals surface area contributed by atoms with Gasteiger partial charge in [0.2, 0.25) is 0 Å². The summed E-state index contributed by atoms with van der Waals surface area (Å²) < 4.78 is 13.3. The zero-order chi connectivity index (χ0) is 9.94. The molecule has 12 heavy (non-hydrogen) atoms. The number of halogens is 1. The van der Waals surface area contributed by atoms with E-state index in [-0.39, 0.29) is 0 Å². The molecule has 0 aliphatic rings. The highest BCUT2D eigenvalue weighted by Crippen LogP contribution is 2.25. The molecule has 0 saturated carbocycles. The Bertz CT molecular complexity index is 231. The molecule has 1 nitrogen and oxygen atoms in total. The Morgan fingerprint density at radius 1 is 1.42 bits per heavy atom. The first-order valence-corrected chi connectivity index (χ1v) is 3.76. The average molecular weight is 169 g/mol. The summed E-state index contributed by atoms with van der Waals surface area (Å²) in [5.74, 6) is 0. The highest BCUT2D eigenvalue weighted by molar-refractivity contribution is 5.36. The second-order valence-electron chi connectivity index (χ2n) is 3.35. The van der Waals surface area contributed by atoms with E-state index in [1.165, 1.54) is 13.8 Å². The molecule has 2 N–H and O–H groups in total. The van der Waals surface area contributed by atoms with Crippen LogP contribution >= 0.6 is 0 Å². The Hall–Kier alpha value is -1.05. The minimum Gasteiger partial charge on any atom is -0.399 e. The van der Waals surface area contributed by atoms with Crippen molar-refractivity contribution in [2.75, 3.05) is 0 Å². The first-order chi connectivity index (χ1) is 5.25. The van der Waals surface area contributed by atoms with Crippen molar-refractivity contribution in [1.29, 1.82) is 0 Å². The smallest absolute Gasteiger partial charge is 0.130 e. The second kappa shape index (κ2) is 3.57. The number of hydrogen-bond donors (Lipinski definition) is 1. The third-order valence-corrected chi connectivity index (χ3v) is 1.60. The van der Waals surface area contributed by atoms with Crippen LogP contribution in [0.5, 0.6) is 0 Å². The van der Waals surface area contributed by atoms with Crippen LogP contribution in [0.25, 0.3) is 0 Å². The Morgan fingerprint density at radius 3 is 2.08 bits per heavy atom. The molecule has 68 valence electrons. The van der Waals surface area contributed by atoms with Gasteiger partial charge in [-0.3, -0.25) is 0 Å². The summed E-state index contributed by atoms with van der Waals surface area (Å²) in [4.78, 5) is 0. The molecule has 2 heteroatoms. The molecule has 0 spiro atoms. The summed E-state index contributed by atoms with van der Waals surface area (Å²) in [6.45, 7) is 11.8. The van der Waals surface area contributed by atoms with E-state index >= 15 is 0 Å². The zero-order valence-electron chi connectivity index (χ0n) is 7.95. The third kappa shape index (κ3) is 3.37. The summed E-state index contributed by atoms with van der Waals surface area (Å²) >= 11 is 0. The molecule has 0 aromatic heterocycles. The van der Waals surface area contributed by atoms with Gasteiger partial charge in [0.25, 0.3) is 0 Å². The van der Waals surface area contributed by atoms with Crippen LogP contribution in [-0.2, 0) is 0 Å². The van der Waals surface area contributed by atoms with Crippen LogP contribution in [0.3, 0.4) is 0 Å². The average Bonchev–Trinajstić information content (AvgIpc) is 1.82. The van der Waals surface area contributed by atoms with E-state index in [4.69, 9.17) is 5.73 Å². The molecule has 0 aromatic carbocycles. The van der Waals surface area contributed by atoms with Crippen LogP contribution in [0, 0.1) is 0 Å². The van der Waals surface area contributed by atoms with Crippen LogP contribution in [-0.4, -0.2) is 5.67 Å². The standard InChI is InChI=1S/C10H16FN/c1-7(6-8(2)12)9(3)10(4,5)11/h6H,2-3,12H2,1,4-5H3/b7-6-. The fraction of sp³-hybridized carbons (Fsp3) is 0.400. The molecule has 0 aromatic rings. The topological polar surface area (TPSA) is 26.0 Å². The van der Waals surface area contributed by atoms with E-state index in [9.17, 15) is 4.39 Å². The first kappa shape index (κ1) is 11.0. The van der Waals surface area contributed by atoms with Gasteiger partial charge in [0, 0.05) is 5.70 Å². The van der Waals surface area contributed by atoms with Crippen LogP contribution in [0.4, 0.5) is 4.39 Å². The highest BCUT2D eigenvalue weighted by atomic mass is 19.1. The van der Waals surface area contributed by atoms with Crippen molar-refractivity contribution in [3.8, 4) is 0 Å². The molecule has 0 aliphatic carbocycles. The number of hydrogen-bond acceptors (Lipinski definition) is 1. The van der Waals surface area contributed by atoms with Crippen molar-refractivity contribution in [3.63, 3.8) is 0 Å². The Kier molecular flexibility index (Phi) is 3.25. The molecular weight excluding hydrogens is 153 g/mol. The van der Waals surface area contributed by atoms with Crippen molar-refractivity contribution < 1.29 is 4.39 Å². The van der Waals surface area contributed by atoms with Gasteiger partial charge in [0.05, 0.1) is 0 Å². The monoisotopic (exact) mass is 169 g/mol. The summed E-state index contributed by atoms with van der Waals surface area (Å²) in [7, 11) is 0. The molecule has 0 heterocycles. The van der Waals surface area contributed by atoms with Crippen LogP contribution in [0.2, 0.25) is 0 Å². The van der Waals surface area contributed by atoms with E-state index < -0.39 is 5.67 Å². The van der Waals surface area contributed by atoms with Gasteiger partial charge in [0.1, 0.15) is 5.67 Å². The molecule has 0 atom stereocenters. The van der Waals surface area contributed by atoms with Gasteiger partial charge in [0.15, 0.2) is 0 Å². The van der Waals surface area contributed by atoms with Crippen LogP contribution in [0.15, 0.2) is 36.1 Å². The summed E-state index contributed by atoms with van der Waals surface area (Å²) in [6.07, 6.45) is 1.61. The second-order valence-corrected chi connectivity index (χ2v) is 3.35. The predicted octanol–water partition coefficient (Wildman–Crippen LogP) is 2.71. The maximum Gasteiger partial charge on any atom is 0.130 e. The summed E-state index contributed by atoms with van der Waals surface area (Å²) in [6, 6.07) is 0. The molecule has 0 rings (SSSR count). The molecule has 0 amide bonds. The lowest BCUT2D eigenvalue weighted by atomic mass is 9.95. The Balaban J connectivity index is 4.63. The fourth-order valence-electron chi connectivity index (χ4n) is 0.834. The minimum absolute atomic E-state index is 0.415. The molecule has 0 radical (unpaired) electrons. The summed E-state index contributed by atoms with van der Waals surface area (Å²) in [5.41, 5.74) is 5.53. The van der Waals surface area contributed by atoms with Gasteiger partial charge in [-0.2, -0.15) is 0 Å². The van der Waals surface area contributed by atoms with Crippen molar-refractivity contribution in [3.05, 3.63) is 36.1 Å². The van der Waals surface area contributed by atoms with Gasteiger partial charge in [-0.05, 0) is 38.0 Å². The normalized spacial score (nSPS) is 12.8. The van der Waals surface area contributed by atoms with E-state index in [1.54, 1.807) is 13.0 Å². The number of alkyl halides is 1. The van der Waals surface area contributed by atoms with Gasteiger partial charge in [-0.15, -0.1) is 0 Å². The molecule has 0 saturated heterocycles. The van der Waals surface area contributed by atoms with E-state index in [0.717, 1.165) is 5.57 Å². The van der Waals surface area contributed by atoms with Crippen LogP contribution < -0.4 is 5.73 Å². The maximum absolute atomic E-state index is 13.3. The maximum atomic E-state index is 13.3. The lowest BCUT2D eigenvalue weighted by Gasteiger charge is -2.18. The van der Waals surface area contributed by atoms with Gasteiger partial charge < -0.3 is 5.73 Å². The van der Waals surface area contributed by atoms with Gasteiger partial charge in [-0.25, -0.2) is 4.39 Å². The van der Waals surface area contributed by atoms with Crippen LogP contribution in [0.1, 0.15) is 20.8 Å². The first-order valence-electron chi connectivity index (χ1n) is 3.76. The van der Waals surface area contributed by atoms with Gasteiger partial charge in [-0.1, -0.05) is 13.2 Å². The molecule has 0 aliphatic heterocycles.